The van der Waals surface area contributed by atoms with Gasteiger partial charge in [-0.3, -0.25) is 0 Å². The Morgan fingerprint density at radius 2 is 2.00 bits per heavy atom. The molecule has 0 aliphatic rings. The largest absolute Gasteiger partial charge is 0.496 e. The number of ether oxygens (including phenoxy) is 1. The van der Waals surface area contributed by atoms with Crippen LogP contribution in [0, 0.1) is 0 Å². The second kappa shape index (κ2) is 6.43. The lowest BCUT2D eigenvalue weighted by Crippen LogP contribution is -2.13. The number of para-hydroxylation sites is 1. The van der Waals surface area contributed by atoms with Gasteiger partial charge < -0.3 is 10.1 Å². The summed E-state index contributed by atoms with van der Waals surface area (Å²) in [6.07, 6.45) is 0. The van der Waals surface area contributed by atoms with Crippen molar-refractivity contribution < 1.29 is 4.74 Å². The van der Waals surface area contributed by atoms with Crippen LogP contribution in [0.25, 0.3) is 10.2 Å². The van der Waals surface area contributed by atoms with Crippen molar-refractivity contribution in [3.63, 3.8) is 0 Å². The predicted octanol–water partition coefficient (Wildman–Crippen LogP) is 4.25. The summed E-state index contributed by atoms with van der Waals surface area (Å²) in [6.45, 7) is 1.37. The first-order valence-electron chi connectivity index (χ1n) is 6.64. The third-order valence-corrected chi connectivity index (χ3v) is 4.60. The van der Waals surface area contributed by atoms with E-state index in [0.29, 0.717) is 18.1 Å². The summed E-state index contributed by atoms with van der Waals surface area (Å²) in [5.74, 6) is 0.805. The highest BCUT2D eigenvalue weighted by Crippen LogP contribution is 2.26. The SMILES string of the molecule is COc1cccc(Cl)c1CNCc1nc2ccccc2s1. The lowest BCUT2D eigenvalue weighted by atomic mass is 10.2. The molecule has 5 heteroatoms. The fraction of sp³-hybridized carbons (Fsp3) is 0.188. The molecule has 3 aromatic rings. The molecule has 1 aromatic heterocycles. The van der Waals surface area contributed by atoms with E-state index >= 15 is 0 Å². The molecule has 0 aliphatic heterocycles. The fourth-order valence-corrected chi connectivity index (χ4v) is 3.36. The summed E-state index contributed by atoms with van der Waals surface area (Å²) in [6, 6.07) is 13.8. The van der Waals surface area contributed by atoms with Crippen molar-refractivity contribution in [2.75, 3.05) is 7.11 Å². The van der Waals surface area contributed by atoms with Gasteiger partial charge in [-0.2, -0.15) is 0 Å². The quantitative estimate of drug-likeness (QED) is 0.763. The molecular weight excluding hydrogens is 304 g/mol. The highest BCUT2D eigenvalue weighted by atomic mass is 35.5. The predicted molar refractivity (Wildman–Crippen MR) is 88.2 cm³/mol. The number of hydrogen-bond donors (Lipinski definition) is 1. The molecule has 0 atom stereocenters. The number of nitrogens with one attached hydrogen (secondary N) is 1. The summed E-state index contributed by atoms with van der Waals surface area (Å²) in [7, 11) is 1.66. The van der Waals surface area contributed by atoms with E-state index in [0.717, 1.165) is 21.8 Å². The Kier molecular flexibility index (Phi) is 4.39. The highest BCUT2D eigenvalue weighted by Gasteiger charge is 2.08. The molecule has 3 nitrogen and oxygen atoms in total. The van der Waals surface area contributed by atoms with Crippen LogP contribution in [0.5, 0.6) is 5.75 Å². The molecule has 0 saturated carbocycles. The van der Waals surface area contributed by atoms with E-state index < -0.39 is 0 Å². The summed E-state index contributed by atoms with van der Waals surface area (Å²) >= 11 is 7.93. The second-order valence-corrected chi connectivity index (χ2v) is 6.12. The van der Waals surface area contributed by atoms with Crippen LogP contribution in [-0.2, 0) is 13.1 Å². The van der Waals surface area contributed by atoms with E-state index in [1.165, 1.54) is 4.70 Å². The van der Waals surface area contributed by atoms with Gasteiger partial charge >= 0.3 is 0 Å². The molecule has 3 rings (SSSR count). The van der Waals surface area contributed by atoms with Crippen molar-refractivity contribution in [2.24, 2.45) is 0 Å². The third kappa shape index (κ3) is 3.18. The zero-order valence-corrected chi connectivity index (χ0v) is 13.2. The Labute approximate surface area is 132 Å². The van der Waals surface area contributed by atoms with Gasteiger partial charge in [-0.1, -0.05) is 29.8 Å². The molecule has 0 amide bonds. The van der Waals surface area contributed by atoms with E-state index in [-0.39, 0.29) is 0 Å². The van der Waals surface area contributed by atoms with Gasteiger partial charge in [0, 0.05) is 23.7 Å². The summed E-state index contributed by atoms with van der Waals surface area (Å²) in [5.41, 5.74) is 2.03. The molecule has 1 N–H and O–H groups in total. The molecule has 0 bridgehead atoms. The topological polar surface area (TPSA) is 34.1 Å². The molecule has 108 valence electrons. The number of halogens is 1. The van der Waals surface area contributed by atoms with Crippen molar-refractivity contribution in [1.29, 1.82) is 0 Å². The van der Waals surface area contributed by atoms with Gasteiger partial charge in [0.1, 0.15) is 10.8 Å². The van der Waals surface area contributed by atoms with Gasteiger partial charge in [0.05, 0.1) is 17.3 Å². The summed E-state index contributed by atoms with van der Waals surface area (Å²) < 4.78 is 6.55. The van der Waals surface area contributed by atoms with Crippen LogP contribution >= 0.6 is 22.9 Å². The van der Waals surface area contributed by atoms with Crippen LogP contribution in [-0.4, -0.2) is 12.1 Å². The Morgan fingerprint density at radius 3 is 2.81 bits per heavy atom. The van der Waals surface area contributed by atoms with Crippen LogP contribution in [0.4, 0.5) is 0 Å². The summed E-state index contributed by atoms with van der Waals surface area (Å²) in [4.78, 5) is 4.60. The lowest BCUT2D eigenvalue weighted by molar-refractivity contribution is 0.407. The molecule has 0 unspecified atom stereocenters. The zero-order valence-electron chi connectivity index (χ0n) is 11.6. The number of aromatic nitrogens is 1. The number of thiazole rings is 1. The second-order valence-electron chi connectivity index (χ2n) is 4.60. The van der Waals surface area contributed by atoms with Gasteiger partial charge in [-0.25, -0.2) is 4.98 Å². The van der Waals surface area contributed by atoms with Crippen molar-refractivity contribution in [3.05, 3.63) is 58.1 Å². The number of benzene rings is 2. The number of rotatable bonds is 5. The number of methoxy groups -OCH3 is 1. The van der Waals surface area contributed by atoms with Gasteiger partial charge in [0.25, 0.3) is 0 Å². The maximum atomic E-state index is 6.22. The summed E-state index contributed by atoms with van der Waals surface area (Å²) in [5, 5.41) is 5.16. The van der Waals surface area contributed by atoms with Crippen molar-refractivity contribution in [3.8, 4) is 5.75 Å². The molecule has 0 radical (unpaired) electrons. The normalized spacial score (nSPS) is 11.0. The Hall–Kier alpha value is -1.62. The van der Waals surface area contributed by atoms with E-state index in [1.54, 1.807) is 18.4 Å². The van der Waals surface area contributed by atoms with Crippen molar-refractivity contribution in [1.82, 2.24) is 10.3 Å². The zero-order chi connectivity index (χ0) is 14.7. The number of hydrogen-bond acceptors (Lipinski definition) is 4. The Balaban J connectivity index is 1.68. The van der Waals surface area contributed by atoms with E-state index in [2.05, 4.69) is 16.4 Å². The average molecular weight is 319 g/mol. The molecule has 0 spiro atoms. The lowest BCUT2D eigenvalue weighted by Gasteiger charge is -2.10. The van der Waals surface area contributed by atoms with Crippen LogP contribution in [0.3, 0.4) is 0 Å². The smallest absolute Gasteiger partial charge is 0.124 e. The van der Waals surface area contributed by atoms with Crippen LogP contribution in [0.2, 0.25) is 5.02 Å². The third-order valence-electron chi connectivity index (χ3n) is 3.21. The van der Waals surface area contributed by atoms with Gasteiger partial charge in [-0.15, -0.1) is 11.3 Å². The van der Waals surface area contributed by atoms with E-state index in [9.17, 15) is 0 Å². The van der Waals surface area contributed by atoms with Crippen molar-refractivity contribution in [2.45, 2.75) is 13.1 Å². The van der Waals surface area contributed by atoms with Gasteiger partial charge in [0.15, 0.2) is 0 Å². The average Bonchev–Trinajstić information content (AvgIpc) is 2.91. The maximum absolute atomic E-state index is 6.22. The molecular formula is C16H15ClN2OS. The minimum absolute atomic E-state index is 0.652. The van der Waals surface area contributed by atoms with Crippen LogP contribution in [0.15, 0.2) is 42.5 Å². The number of nitrogens with zero attached hydrogens (tertiary/aromatic N) is 1. The molecule has 21 heavy (non-hydrogen) atoms. The first-order chi connectivity index (χ1) is 10.3. The van der Waals surface area contributed by atoms with Crippen molar-refractivity contribution >= 4 is 33.2 Å². The van der Waals surface area contributed by atoms with E-state index in [4.69, 9.17) is 16.3 Å². The minimum Gasteiger partial charge on any atom is -0.496 e. The van der Waals surface area contributed by atoms with Gasteiger partial charge in [0.2, 0.25) is 0 Å². The number of fused-ring (bicyclic) bond motifs is 1. The minimum atomic E-state index is 0.652. The Morgan fingerprint density at radius 1 is 1.14 bits per heavy atom. The first kappa shape index (κ1) is 14.3. The fourth-order valence-electron chi connectivity index (χ4n) is 2.19. The van der Waals surface area contributed by atoms with Gasteiger partial charge in [-0.05, 0) is 24.3 Å². The molecule has 0 saturated heterocycles. The molecule has 0 aliphatic carbocycles. The first-order valence-corrected chi connectivity index (χ1v) is 7.84. The monoisotopic (exact) mass is 318 g/mol. The van der Waals surface area contributed by atoms with E-state index in [1.807, 2.05) is 36.4 Å². The van der Waals surface area contributed by atoms with Crippen LogP contribution < -0.4 is 10.1 Å². The Bertz CT molecular complexity index is 724. The molecule has 1 heterocycles. The maximum Gasteiger partial charge on any atom is 0.124 e. The molecule has 0 fully saturated rings. The standard InChI is InChI=1S/C16H15ClN2OS/c1-20-14-7-4-5-12(17)11(14)9-18-10-16-19-13-6-2-3-8-15(13)21-16/h2-8,18H,9-10H2,1H3. The van der Waals surface area contributed by atoms with Crippen LogP contribution in [0.1, 0.15) is 10.6 Å². The molecule has 2 aromatic carbocycles. The highest BCUT2D eigenvalue weighted by molar-refractivity contribution is 7.18.